The third-order valence-corrected chi connectivity index (χ3v) is 3.24. The van der Waals surface area contributed by atoms with Crippen LogP contribution in [0.5, 0.6) is 0 Å². The molecule has 1 aromatic heterocycles. The Balaban J connectivity index is 2.71. The van der Waals surface area contributed by atoms with E-state index in [4.69, 9.17) is 34.3 Å². The molecule has 98 valence electrons. The quantitative estimate of drug-likeness (QED) is 0.660. The lowest BCUT2D eigenvalue weighted by Crippen LogP contribution is -2.23. The zero-order chi connectivity index (χ0) is 14.2. The molecule has 0 aliphatic rings. The van der Waals surface area contributed by atoms with Crippen LogP contribution >= 0.6 is 23.2 Å². The van der Waals surface area contributed by atoms with Gasteiger partial charge in [-0.05, 0) is 25.1 Å². The molecule has 0 saturated carbocycles. The number of hydrogen-bond donors (Lipinski definition) is 2. The summed E-state index contributed by atoms with van der Waals surface area (Å²) < 4.78 is 1.71. The van der Waals surface area contributed by atoms with E-state index in [1.54, 1.807) is 29.7 Å². The van der Waals surface area contributed by atoms with Gasteiger partial charge in [0.05, 0.1) is 16.3 Å². The lowest BCUT2D eigenvalue weighted by atomic mass is 10.2. The van der Waals surface area contributed by atoms with Gasteiger partial charge in [-0.15, -0.1) is 0 Å². The van der Waals surface area contributed by atoms with Crippen LogP contribution in [0.15, 0.2) is 35.3 Å². The van der Waals surface area contributed by atoms with E-state index in [1.165, 1.54) is 12.3 Å². The maximum Gasteiger partial charge on any atom is 0.192 e. The van der Waals surface area contributed by atoms with Crippen molar-refractivity contribution in [3.8, 4) is 5.69 Å². The van der Waals surface area contributed by atoms with Crippen LogP contribution in [0.3, 0.4) is 0 Å². The van der Waals surface area contributed by atoms with Gasteiger partial charge in [0.1, 0.15) is 5.84 Å². The Morgan fingerprint density at radius 1 is 1.32 bits per heavy atom. The average Bonchev–Trinajstić information content (AvgIpc) is 2.30. The Hall–Kier alpha value is -1.78. The fourth-order valence-electron chi connectivity index (χ4n) is 1.77. The normalized spacial score (nSPS) is 10.5. The molecule has 0 saturated heterocycles. The molecule has 0 unspecified atom stereocenters. The first kappa shape index (κ1) is 13.6. The minimum absolute atomic E-state index is 0.136. The molecule has 0 fully saturated rings. The highest BCUT2D eigenvalue weighted by Gasteiger charge is 2.10. The fourth-order valence-corrected chi connectivity index (χ4v) is 2.27. The highest BCUT2D eigenvalue weighted by Crippen LogP contribution is 2.25. The summed E-state index contributed by atoms with van der Waals surface area (Å²) in [6.45, 7) is 1.77. The molecular weight excluding hydrogens is 285 g/mol. The third kappa shape index (κ3) is 2.64. The molecule has 19 heavy (non-hydrogen) atoms. The van der Waals surface area contributed by atoms with E-state index in [1.807, 2.05) is 0 Å². The van der Waals surface area contributed by atoms with E-state index in [-0.39, 0.29) is 16.8 Å². The first-order valence-corrected chi connectivity index (χ1v) is 6.19. The van der Waals surface area contributed by atoms with Gasteiger partial charge in [-0.25, -0.2) is 0 Å². The fraction of sp³-hybridized carbons (Fsp3) is 0.0769. The van der Waals surface area contributed by atoms with Gasteiger partial charge in [0.2, 0.25) is 0 Å². The van der Waals surface area contributed by atoms with E-state index in [0.717, 1.165) is 0 Å². The molecule has 0 bridgehead atoms. The number of benzene rings is 1. The first-order valence-electron chi connectivity index (χ1n) is 5.43. The van der Waals surface area contributed by atoms with E-state index in [9.17, 15) is 4.79 Å². The SMILES string of the molecule is Cc1cc(=O)c(C(=N)N)cn1-c1ccc(Cl)cc1Cl. The second-order valence-corrected chi connectivity index (χ2v) is 4.92. The number of aryl methyl sites for hydroxylation is 1. The Morgan fingerprint density at radius 3 is 2.58 bits per heavy atom. The maximum absolute atomic E-state index is 11.7. The van der Waals surface area contributed by atoms with Crippen LogP contribution in [0.2, 0.25) is 10.0 Å². The summed E-state index contributed by atoms with van der Waals surface area (Å²) >= 11 is 12.0. The first-order chi connectivity index (χ1) is 8.90. The maximum atomic E-state index is 11.7. The zero-order valence-corrected chi connectivity index (χ0v) is 11.6. The molecule has 1 aromatic carbocycles. The Kier molecular flexibility index (Phi) is 3.64. The number of halogens is 2. The van der Waals surface area contributed by atoms with Crippen molar-refractivity contribution in [2.24, 2.45) is 5.73 Å². The third-order valence-electron chi connectivity index (χ3n) is 2.70. The number of nitrogens with zero attached hydrogens (tertiary/aromatic N) is 1. The second kappa shape index (κ2) is 5.07. The van der Waals surface area contributed by atoms with Crippen LogP contribution in [0, 0.1) is 12.3 Å². The van der Waals surface area contributed by atoms with Gasteiger partial charge in [-0.2, -0.15) is 0 Å². The number of aromatic nitrogens is 1. The van der Waals surface area contributed by atoms with Crippen LogP contribution in [0.25, 0.3) is 5.69 Å². The summed E-state index contributed by atoms with van der Waals surface area (Å²) in [5.41, 5.74) is 6.61. The van der Waals surface area contributed by atoms with Gasteiger partial charge in [0, 0.05) is 23.0 Å². The van der Waals surface area contributed by atoms with Gasteiger partial charge < -0.3 is 10.3 Å². The lowest BCUT2D eigenvalue weighted by molar-refractivity contribution is 0.969. The standard InChI is InChI=1S/C13H11Cl2N3O/c1-7-4-12(19)9(13(16)17)6-18(7)11-3-2-8(14)5-10(11)15/h2-6H,1H3,(H3,16,17). The molecule has 6 heteroatoms. The largest absolute Gasteiger partial charge is 0.384 e. The number of nitrogens with two attached hydrogens (primary N) is 1. The number of rotatable bonds is 2. The molecule has 3 N–H and O–H groups in total. The minimum atomic E-state index is -0.286. The minimum Gasteiger partial charge on any atom is -0.384 e. The van der Waals surface area contributed by atoms with Crippen LogP contribution in [0.1, 0.15) is 11.3 Å². The summed E-state index contributed by atoms with van der Waals surface area (Å²) in [7, 11) is 0. The van der Waals surface area contributed by atoms with E-state index in [0.29, 0.717) is 21.4 Å². The van der Waals surface area contributed by atoms with Gasteiger partial charge in [-0.3, -0.25) is 10.2 Å². The predicted octanol–water partition coefficient (Wildman–Crippen LogP) is 2.74. The molecule has 2 rings (SSSR count). The van der Waals surface area contributed by atoms with Gasteiger partial charge in [0.15, 0.2) is 5.43 Å². The van der Waals surface area contributed by atoms with Crippen LogP contribution in [-0.2, 0) is 0 Å². The summed E-state index contributed by atoms with van der Waals surface area (Å²) in [4.78, 5) is 11.7. The molecule has 1 heterocycles. The predicted molar refractivity (Wildman–Crippen MR) is 77.8 cm³/mol. The average molecular weight is 296 g/mol. The number of nitrogen functional groups attached to an aromatic ring is 1. The van der Waals surface area contributed by atoms with Gasteiger partial charge in [0.25, 0.3) is 0 Å². The molecule has 0 amide bonds. The van der Waals surface area contributed by atoms with Crippen molar-refractivity contribution in [2.45, 2.75) is 6.92 Å². The van der Waals surface area contributed by atoms with Gasteiger partial charge in [-0.1, -0.05) is 23.2 Å². The van der Waals surface area contributed by atoms with Crippen LogP contribution in [0.4, 0.5) is 0 Å². The summed E-state index contributed by atoms with van der Waals surface area (Å²) in [6, 6.07) is 6.48. The van der Waals surface area contributed by atoms with E-state index < -0.39 is 0 Å². The Morgan fingerprint density at radius 2 is 2.00 bits per heavy atom. The van der Waals surface area contributed by atoms with Crippen molar-refractivity contribution >= 4 is 29.0 Å². The Labute approximate surface area is 119 Å². The van der Waals surface area contributed by atoms with Crippen LogP contribution < -0.4 is 11.2 Å². The number of pyridine rings is 1. The number of amidine groups is 1. The topological polar surface area (TPSA) is 71.9 Å². The summed E-state index contributed by atoms with van der Waals surface area (Å²) in [5, 5.41) is 8.38. The molecule has 0 atom stereocenters. The zero-order valence-electron chi connectivity index (χ0n) is 10.1. The summed E-state index contributed by atoms with van der Waals surface area (Å²) in [5.74, 6) is -0.274. The summed E-state index contributed by atoms with van der Waals surface area (Å²) in [6.07, 6.45) is 1.51. The van der Waals surface area contributed by atoms with Crippen molar-refractivity contribution in [1.82, 2.24) is 4.57 Å². The Bertz CT molecular complexity index is 722. The monoisotopic (exact) mass is 295 g/mol. The highest BCUT2D eigenvalue weighted by atomic mass is 35.5. The molecule has 0 aliphatic heterocycles. The van der Waals surface area contributed by atoms with E-state index in [2.05, 4.69) is 0 Å². The van der Waals surface area contributed by atoms with Crippen molar-refractivity contribution < 1.29 is 0 Å². The van der Waals surface area contributed by atoms with Crippen molar-refractivity contribution in [1.29, 1.82) is 5.41 Å². The molecular formula is C13H11Cl2N3O. The second-order valence-electron chi connectivity index (χ2n) is 4.07. The van der Waals surface area contributed by atoms with Crippen molar-refractivity contribution in [3.63, 3.8) is 0 Å². The molecule has 0 aliphatic carbocycles. The van der Waals surface area contributed by atoms with Crippen LogP contribution in [-0.4, -0.2) is 10.4 Å². The van der Waals surface area contributed by atoms with Gasteiger partial charge >= 0.3 is 0 Å². The molecule has 0 spiro atoms. The number of nitrogens with one attached hydrogen (secondary N) is 1. The molecule has 0 radical (unpaired) electrons. The number of hydrogen-bond acceptors (Lipinski definition) is 2. The highest BCUT2D eigenvalue weighted by molar-refractivity contribution is 6.35. The molecule has 2 aromatic rings. The molecule has 4 nitrogen and oxygen atoms in total. The smallest absolute Gasteiger partial charge is 0.192 e. The lowest BCUT2D eigenvalue weighted by Gasteiger charge is -2.14. The van der Waals surface area contributed by atoms with Crippen molar-refractivity contribution in [3.05, 3.63) is 62.0 Å². The van der Waals surface area contributed by atoms with E-state index >= 15 is 0 Å². The van der Waals surface area contributed by atoms with Crippen molar-refractivity contribution in [2.75, 3.05) is 0 Å².